The Labute approximate surface area is 210 Å². The van der Waals surface area contributed by atoms with Gasteiger partial charge in [0.15, 0.2) is 0 Å². The van der Waals surface area contributed by atoms with Gasteiger partial charge in [-0.05, 0) is 68.4 Å². The van der Waals surface area contributed by atoms with Crippen molar-refractivity contribution in [2.75, 3.05) is 19.6 Å². The first kappa shape index (κ1) is 25.2. The average molecular weight is 470 g/mol. The van der Waals surface area contributed by atoms with E-state index in [1.165, 1.54) is 16.7 Å². The number of piperidine rings is 1. The lowest BCUT2D eigenvalue weighted by atomic mass is 9.99. The second-order valence-electron chi connectivity index (χ2n) is 10.0. The van der Waals surface area contributed by atoms with E-state index in [4.69, 9.17) is 0 Å². The second-order valence-corrected chi connectivity index (χ2v) is 10.0. The zero-order valence-corrected chi connectivity index (χ0v) is 21.6. The molecule has 0 unspecified atom stereocenters. The highest BCUT2D eigenvalue weighted by Gasteiger charge is 2.25. The third-order valence-corrected chi connectivity index (χ3v) is 7.24. The van der Waals surface area contributed by atoms with Crippen LogP contribution < -0.4 is 10.6 Å². The van der Waals surface area contributed by atoms with Crippen LogP contribution in [0.2, 0.25) is 0 Å². The Bertz CT molecular complexity index is 1080. The van der Waals surface area contributed by atoms with Gasteiger partial charge in [-0.15, -0.1) is 0 Å². The largest absolute Gasteiger partial charge is 0.339 e. The number of carbonyl (C=O) groups excluding carboxylic acids is 1. The predicted molar refractivity (Wildman–Crippen MR) is 146 cm³/mol. The summed E-state index contributed by atoms with van der Waals surface area (Å²) in [6.45, 7) is 11.1. The first-order valence-corrected chi connectivity index (χ1v) is 12.9. The molecule has 0 spiro atoms. The zero-order valence-electron chi connectivity index (χ0n) is 21.6. The van der Waals surface area contributed by atoms with Crippen molar-refractivity contribution in [3.05, 3.63) is 95.1 Å². The Morgan fingerprint density at radius 3 is 2.09 bits per heavy atom. The second kappa shape index (κ2) is 11.7. The molecule has 1 fully saturated rings. The van der Waals surface area contributed by atoms with Crippen LogP contribution in [-0.2, 0) is 0 Å². The van der Waals surface area contributed by atoms with Crippen LogP contribution in [0.15, 0.2) is 72.8 Å². The summed E-state index contributed by atoms with van der Waals surface area (Å²) < 4.78 is 0. The quantitative estimate of drug-likeness (QED) is 0.431. The summed E-state index contributed by atoms with van der Waals surface area (Å²) in [6, 6.07) is 26.5. The monoisotopic (exact) mass is 469 g/mol. The van der Waals surface area contributed by atoms with Crippen molar-refractivity contribution >= 4 is 5.91 Å². The van der Waals surface area contributed by atoms with Gasteiger partial charge in [-0.3, -0.25) is 4.79 Å². The minimum Gasteiger partial charge on any atom is -0.339 e. The lowest BCUT2D eigenvalue weighted by Gasteiger charge is -2.34. The maximum Gasteiger partial charge on any atom is 0.254 e. The van der Waals surface area contributed by atoms with Gasteiger partial charge >= 0.3 is 0 Å². The van der Waals surface area contributed by atoms with E-state index in [2.05, 4.69) is 79.1 Å². The van der Waals surface area contributed by atoms with Crippen molar-refractivity contribution in [3.8, 4) is 11.1 Å². The lowest BCUT2D eigenvalue weighted by molar-refractivity contribution is 0.0703. The fourth-order valence-corrected chi connectivity index (χ4v) is 5.12. The molecule has 1 amide bonds. The van der Waals surface area contributed by atoms with Gasteiger partial charge in [0, 0.05) is 43.3 Å². The van der Waals surface area contributed by atoms with Crippen LogP contribution in [0.5, 0.6) is 0 Å². The topological polar surface area (TPSA) is 44.4 Å². The molecule has 2 N–H and O–H groups in total. The molecule has 1 aliphatic heterocycles. The minimum absolute atomic E-state index is 0.182. The highest BCUT2D eigenvalue weighted by Crippen LogP contribution is 2.22. The molecule has 4 nitrogen and oxygen atoms in total. The van der Waals surface area contributed by atoms with Crippen molar-refractivity contribution < 1.29 is 4.79 Å². The van der Waals surface area contributed by atoms with Crippen molar-refractivity contribution in [2.45, 2.75) is 58.7 Å². The van der Waals surface area contributed by atoms with Crippen LogP contribution in [0.1, 0.15) is 59.8 Å². The molecule has 0 aliphatic carbocycles. The average Bonchev–Trinajstić information content (AvgIpc) is 2.88. The van der Waals surface area contributed by atoms with Gasteiger partial charge < -0.3 is 15.5 Å². The van der Waals surface area contributed by atoms with Gasteiger partial charge in [-0.2, -0.15) is 0 Å². The molecule has 35 heavy (non-hydrogen) atoms. The first-order chi connectivity index (χ1) is 16.9. The lowest BCUT2D eigenvalue weighted by Crippen LogP contribution is -2.48. The number of benzene rings is 3. The Balaban J connectivity index is 1.22. The number of hydrogen-bond donors (Lipinski definition) is 2. The summed E-state index contributed by atoms with van der Waals surface area (Å²) in [6.07, 6.45) is 2.00. The predicted octanol–water partition coefficient (Wildman–Crippen LogP) is 5.90. The minimum atomic E-state index is 0.182. The van der Waals surface area contributed by atoms with Crippen LogP contribution in [0.4, 0.5) is 0 Å². The first-order valence-electron chi connectivity index (χ1n) is 12.9. The van der Waals surface area contributed by atoms with Crippen molar-refractivity contribution in [1.82, 2.24) is 15.5 Å². The number of nitrogens with one attached hydrogen (secondary N) is 2. The number of carbonyl (C=O) groups is 1. The van der Waals surface area contributed by atoms with Gasteiger partial charge in [0.2, 0.25) is 0 Å². The highest BCUT2D eigenvalue weighted by atomic mass is 16.2. The Hall–Kier alpha value is -2.95. The smallest absolute Gasteiger partial charge is 0.254 e. The van der Waals surface area contributed by atoms with E-state index in [-0.39, 0.29) is 11.9 Å². The molecule has 1 saturated heterocycles. The van der Waals surface area contributed by atoms with Crippen LogP contribution >= 0.6 is 0 Å². The van der Waals surface area contributed by atoms with E-state index in [9.17, 15) is 4.79 Å². The number of nitrogens with zero attached hydrogens (tertiary/aromatic N) is 1. The zero-order chi connectivity index (χ0) is 24.8. The molecule has 4 rings (SSSR count). The standard InChI is InChI=1S/C31H39N3O/c1-22-9-8-10-23(2)30(22)31(35)34-19-17-29(18-20-34)32-21-24(3)33-25(4)26-13-15-28(16-14-26)27-11-6-5-7-12-27/h5-16,24-25,29,32-33H,17-21H2,1-4H3/t24-,25-/m0/s1. The van der Waals surface area contributed by atoms with E-state index in [1.807, 2.05) is 36.9 Å². The van der Waals surface area contributed by atoms with Crippen LogP contribution in [0.3, 0.4) is 0 Å². The molecule has 0 radical (unpaired) electrons. The number of hydrogen-bond acceptors (Lipinski definition) is 3. The normalized spacial score (nSPS) is 16.2. The molecule has 3 aromatic rings. The van der Waals surface area contributed by atoms with E-state index in [1.54, 1.807) is 0 Å². The van der Waals surface area contributed by atoms with Gasteiger partial charge in [0.25, 0.3) is 5.91 Å². The highest BCUT2D eigenvalue weighted by molar-refractivity contribution is 5.97. The van der Waals surface area contributed by atoms with E-state index in [0.717, 1.165) is 49.2 Å². The van der Waals surface area contributed by atoms with Gasteiger partial charge in [-0.25, -0.2) is 0 Å². The molecule has 0 bridgehead atoms. The van der Waals surface area contributed by atoms with Crippen molar-refractivity contribution in [2.24, 2.45) is 0 Å². The van der Waals surface area contributed by atoms with Crippen molar-refractivity contribution in [1.29, 1.82) is 0 Å². The number of rotatable bonds is 8. The number of aryl methyl sites for hydroxylation is 2. The molecular formula is C31H39N3O. The Morgan fingerprint density at radius 2 is 1.46 bits per heavy atom. The van der Waals surface area contributed by atoms with E-state index >= 15 is 0 Å². The summed E-state index contributed by atoms with van der Waals surface area (Å²) in [7, 11) is 0. The summed E-state index contributed by atoms with van der Waals surface area (Å²) in [5, 5.41) is 7.46. The molecule has 3 aromatic carbocycles. The van der Waals surface area contributed by atoms with Crippen LogP contribution in [0.25, 0.3) is 11.1 Å². The van der Waals surface area contributed by atoms with Gasteiger partial charge in [0.05, 0.1) is 0 Å². The molecule has 0 aromatic heterocycles. The summed E-state index contributed by atoms with van der Waals surface area (Å²) in [5.74, 6) is 0.182. The molecular weight excluding hydrogens is 430 g/mol. The third-order valence-electron chi connectivity index (χ3n) is 7.24. The molecule has 1 aliphatic rings. The van der Waals surface area contributed by atoms with Gasteiger partial charge in [-0.1, -0.05) is 72.8 Å². The maximum absolute atomic E-state index is 13.1. The molecule has 1 heterocycles. The number of likely N-dealkylation sites (tertiary alicyclic amines) is 1. The molecule has 184 valence electrons. The SMILES string of the molecule is Cc1cccc(C)c1C(=O)N1CCC(NC[C@H](C)N[C@@H](C)c2ccc(-c3ccccc3)cc2)CC1. The third kappa shape index (κ3) is 6.39. The van der Waals surface area contributed by atoms with E-state index in [0.29, 0.717) is 12.1 Å². The van der Waals surface area contributed by atoms with Crippen LogP contribution in [-0.4, -0.2) is 42.5 Å². The Morgan fingerprint density at radius 1 is 0.857 bits per heavy atom. The Kier molecular flexibility index (Phi) is 8.37. The summed E-state index contributed by atoms with van der Waals surface area (Å²) >= 11 is 0. The molecule has 0 saturated carbocycles. The van der Waals surface area contributed by atoms with Crippen molar-refractivity contribution in [3.63, 3.8) is 0 Å². The van der Waals surface area contributed by atoms with Crippen LogP contribution in [0, 0.1) is 13.8 Å². The summed E-state index contributed by atoms with van der Waals surface area (Å²) in [4.78, 5) is 15.1. The fraction of sp³-hybridized carbons (Fsp3) is 0.387. The maximum atomic E-state index is 13.1. The van der Waals surface area contributed by atoms with E-state index < -0.39 is 0 Å². The molecule has 4 heteroatoms. The fourth-order valence-electron chi connectivity index (χ4n) is 5.12. The molecule has 2 atom stereocenters. The summed E-state index contributed by atoms with van der Waals surface area (Å²) in [5.41, 5.74) is 6.81. The van der Waals surface area contributed by atoms with Gasteiger partial charge in [0.1, 0.15) is 0 Å². The number of amides is 1.